The molecule has 2 aliphatic carbocycles. The molecule has 0 saturated heterocycles. The van der Waals surface area contributed by atoms with E-state index < -0.39 is 11.0 Å². The number of amides is 2. The lowest BCUT2D eigenvalue weighted by molar-refractivity contribution is -0.171. The molecule has 27 heavy (non-hydrogen) atoms. The van der Waals surface area contributed by atoms with E-state index in [2.05, 4.69) is 10.6 Å². The van der Waals surface area contributed by atoms with E-state index in [1.165, 1.54) is 0 Å². The molecule has 3 unspecified atom stereocenters. The summed E-state index contributed by atoms with van der Waals surface area (Å²) in [5.74, 6) is 0.113. The Bertz CT molecular complexity index is 712. The molecule has 0 radical (unpaired) electrons. The van der Waals surface area contributed by atoms with Crippen molar-refractivity contribution in [3.05, 3.63) is 29.8 Å². The average Bonchev–Trinajstić information content (AvgIpc) is 3.47. The summed E-state index contributed by atoms with van der Waals surface area (Å²) in [4.78, 5) is 24.7. The Morgan fingerprint density at radius 2 is 1.89 bits per heavy atom. The van der Waals surface area contributed by atoms with Crippen molar-refractivity contribution >= 4 is 17.5 Å². The summed E-state index contributed by atoms with van der Waals surface area (Å²) in [6, 6.07) is 7.41. The molecule has 6 nitrogen and oxygen atoms in total. The zero-order valence-electron chi connectivity index (χ0n) is 16.7. The van der Waals surface area contributed by atoms with Gasteiger partial charge in [0.1, 0.15) is 5.54 Å². The average molecular weight is 373 g/mol. The molecule has 0 aromatic heterocycles. The SMILES string of the molecule is CCOC1CC(N)(C(=O)NC(C)c2ccc(NC(=O)C3CC3)cc2)C1(C)C. The van der Waals surface area contributed by atoms with Crippen LogP contribution in [0.3, 0.4) is 0 Å². The van der Waals surface area contributed by atoms with Gasteiger partial charge in [-0.25, -0.2) is 0 Å². The van der Waals surface area contributed by atoms with E-state index in [4.69, 9.17) is 10.5 Å². The van der Waals surface area contributed by atoms with Crippen LogP contribution in [0.1, 0.15) is 58.6 Å². The van der Waals surface area contributed by atoms with Crippen molar-refractivity contribution in [1.29, 1.82) is 0 Å². The minimum atomic E-state index is -0.931. The molecule has 0 bridgehead atoms. The van der Waals surface area contributed by atoms with Crippen molar-refractivity contribution in [3.63, 3.8) is 0 Å². The van der Waals surface area contributed by atoms with E-state index in [1.54, 1.807) is 0 Å². The summed E-state index contributed by atoms with van der Waals surface area (Å²) in [5, 5.41) is 5.96. The minimum Gasteiger partial charge on any atom is -0.378 e. The lowest BCUT2D eigenvalue weighted by Crippen LogP contribution is -2.75. The number of nitrogens with two attached hydrogens (primary N) is 1. The molecule has 3 atom stereocenters. The molecule has 148 valence electrons. The van der Waals surface area contributed by atoms with Crippen LogP contribution >= 0.6 is 0 Å². The molecule has 1 aromatic carbocycles. The Kier molecular flexibility index (Phi) is 5.32. The third-order valence-electron chi connectivity index (χ3n) is 6.21. The fourth-order valence-corrected chi connectivity index (χ4v) is 3.67. The summed E-state index contributed by atoms with van der Waals surface area (Å²) in [6.07, 6.45) is 2.49. The first kappa shape index (κ1) is 19.8. The number of rotatable bonds is 7. The van der Waals surface area contributed by atoms with Crippen molar-refractivity contribution in [2.75, 3.05) is 11.9 Å². The summed E-state index contributed by atoms with van der Waals surface area (Å²) in [5.41, 5.74) is 6.85. The monoisotopic (exact) mass is 373 g/mol. The zero-order valence-corrected chi connectivity index (χ0v) is 16.7. The second-order valence-corrected chi connectivity index (χ2v) is 8.42. The fourth-order valence-electron chi connectivity index (χ4n) is 3.67. The molecular weight excluding hydrogens is 342 g/mol. The van der Waals surface area contributed by atoms with E-state index in [0.717, 1.165) is 24.1 Å². The summed E-state index contributed by atoms with van der Waals surface area (Å²) in [6.45, 7) is 8.47. The van der Waals surface area contributed by atoms with Gasteiger partial charge in [0, 0.05) is 30.0 Å². The number of carbonyl (C=O) groups is 2. The van der Waals surface area contributed by atoms with Crippen LogP contribution in [0.4, 0.5) is 5.69 Å². The number of ether oxygens (including phenoxy) is 1. The summed E-state index contributed by atoms with van der Waals surface area (Å²) >= 11 is 0. The first-order valence-corrected chi connectivity index (χ1v) is 9.81. The lowest BCUT2D eigenvalue weighted by atomic mass is 9.54. The predicted molar refractivity (Wildman–Crippen MR) is 105 cm³/mol. The van der Waals surface area contributed by atoms with Crippen LogP contribution in [0.15, 0.2) is 24.3 Å². The number of hydrogen-bond donors (Lipinski definition) is 3. The van der Waals surface area contributed by atoms with Crippen LogP contribution in [0, 0.1) is 11.3 Å². The molecule has 2 amide bonds. The largest absolute Gasteiger partial charge is 0.378 e. The van der Waals surface area contributed by atoms with Crippen molar-refractivity contribution in [1.82, 2.24) is 5.32 Å². The van der Waals surface area contributed by atoms with Crippen LogP contribution < -0.4 is 16.4 Å². The maximum atomic E-state index is 12.8. The number of anilines is 1. The van der Waals surface area contributed by atoms with Crippen molar-refractivity contribution in [2.24, 2.45) is 17.1 Å². The second-order valence-electron chi connectivity index (χ2n) is 8.42. The van der Waals surface area contributed by atoms with Crippen molar-refractivity contribution in [2.45, 2.75) is 64.6 Å². The van der Waals surface area contributed by atoms with Gasteiger partial charge in [0.2, 0.25) is 11.8 Å². The van der Waals surface area contributed by atoms with E-state index in [1.807, 2.05) is 52.0 Å². The summed E-state index contributed by atoms with van der Waals surface area (Å²) in [7, 11) is 0. The minimum absolute atomic E-state index is 0.00270. The predicted octanol–water partition coefficient (Wildman–Crippen LogP) is 2.74. The van der Waals surface area contributed by atoms with Gasteiger partial charge in [-0.15, -0.1) is 0 Å². The number of carbonyl (C=O) groups excluding carboxylic acids is 2. The molecule has 0 aliphatic heterocycles. The standard InChI is InChI=1S/C21H31N3O3/c1-5-27-17-12-21(22,20(17,3)4)19(26)23-13(2)14-8-10-16(11-9-14)24-18(25)15-6-7-15/h8-11,13,15,17H,5-7,12,22H2,1-4H3,(H,23,26)(H,24,25). The normalized spacial score (nSPS) is 27.4. The van der Waals surface area contributed by atoms with E-state index in [-0.39, 0.29) is 29.9 Å². The molecule has 0 heterocycles. The topological polar surface area (TPSA) is 93.4 Å². The van der Waals surface area contributed by atoms with Gasteiger partial charge in [0.15, 0.2) is 0 Å². The lowest BCUT2D eigenvalue weighted by Gasteiger charge is -2.57. The van der Waals surface area contributed by atoms with Crippen LogP contribution in [0.2, 0.25) is 0 Å². The van der Waals surface area contributed by atoms with Gasteiger partial charge in [-0.05, 0) is 44.4 Å². The van der Waals surface area contributed by atoms with Gasteiger partial charge in [0.05, 0.1) is 12.1 Å². The van der Waals surface area contributed by atoms with Crippen LogP contribution in [0.5, 0.6) is 0 Å². The molecule has 6 heteroatoms. The van der Waals surface area contributed by atoms with E-state index in [0.29, 0.717) is 13.0 Å². The third-order valence-corrected chi connectivity index (χ3v) is 6.21. The molecule has 1 aromatic rings. The van der Waals surface area contributed by atoms with Gasteiger partial charge in [0.25, 0.3) is 0 Å². The van der Waals surface area contributed by atoms with Crippen LogP contribution in [-0.2, 0) is 14.3 Å². The Morgan fingerprint density at radius 1 is 1.26 bits per heavy atom. The molecule has 3 rings (SSSR count). The van der Waals surface area contributed by atoms with Crippen LogP contribution in [0.25, 0.3) is 0 Å². The highest BCUT2D eigenvalue weighted by atomic mass is 16.5. The summed E-state index contributed by atoms with van der Waals surface area (Å²) < 4.78 is 5.70. The number of hydrogen-bond acceptors (Lipinski definition) is 4. The van der Waals surface area contributed by atoms with E-state index in [9.17, 15) is 9.59 Å². The van der Waals surface area contributed by atoms with Gasteiger partial charge >= 0.3 is 0 Å². The van der Waals surface area contributed by atoms with E-state index >= 15 is 0 Å². The first-order chi connectivity index (χ1) is 12.7. The smallest absolute Gasteiger partial charge is 0.241 e. The quantitative estimate of drug-likeness (QED) is 0.685. The molecule has 2 saturated carbocycles. The Balaban J connectivity index is 1.59. The van der Waals surface area contributed by atoms with Gasteiger partial charge in [-0.3, -0.25) is 9.59 Å². The Hall–Kier alpha value is -1.92. The highest BCUT2D eigenvalue weighted by Gasteiger charge is 2.62. The maximum absolute atomic E-state index is 12.8. The maximum Gasteiger partial charge on any atom is 0.241 e. The molecule has 2 aliphatic rings. The van der Waals surface area contributed by atoms with Crippen molar-refractivity contribution < 1.29 is 14.3 Å². The number of benzene rings is 1. The Labute approximate surface area is 161 Å². The third kappa shape index (κ3) is 3.73. The van der Waals surface area contributed by atoms with Gasteiger partial charge < -0.3 is 21.1 Å². The molecule has 2 fully saturated rings. The van der Waals surface area contributed by atoms with Gasteiger partial charge in [-0.1, -0.05) is 26.0 Å². The second kappa shape index (κ2) is 7.24. The highest BCUT2D eigenvalue weighted by Crippen LogP contribution is 2.50. The number of nitrogens with one attached hydrogen (secondary N) is 2. The Morgan fingerprint density at radius 3 is 2.41 bits per heavy atom. The highest BCUT2D eigenvalue weighted by molar-refractivity contribution is 5.94. The van der Waals surface area contributed by atoms with Crippen LogP contribution in [-0.4, -0.2) is 30.1 Å². The molecule has 4 N–H and O–H groups in total. The van der Waals surface area contributed by atoms with Gasteiger partial charge in [-0.2, -0.15) is 0 Å². The van der Waals surface area contributed by atoms with Crippen molar-refractivity contribution in [3.8, 4) is 0 Å². The molecule has 0 spiro atoms. The molecular formula is C21H31N3O3. The first-order valence-electron chi connectivity index (χ1n) is 9.81. The fraction of sp³-hybridized carbons (Fsp3) is 0.619. The zero-order chi connectivity index (χ0) is 19.8.